The van der Waals surface area contributed by atoms with Crippen LogP contribution in [0.2, 0.25) is 0 Å². The molecule has 1 heterocycles. The average Bonchev–Trinajstić information content (AvgIpc) is 2.89. The fraction of sp³-hybridized carbons (Fsp3) is 0.519. The zero-order valence-corrected chi connectivity index (χ0v) is 22.6. The summed E-state index contributed by atoms with van der Waals surface area (Å²) in [7, 11) is 2.70. The summed E-state index contributed by atoms with van der Waals surface area (Å²) in [5, 5.41) is 0. The Hall–Kier alpha value is -2.85. The standard InChI is InChI=1S/C27H32ClF3N2O5/c1-16-5-7-19(8-6-16)25(34)33(17(2)15-36-3)23-10-9-20(12-21(23)26(35)37-4)38-24-22(27(29,30)31)11-18(13-28)14-32-24/h9-12,14,16-17,19H,5-8,13,15H2,1-4H3/t16?,17-,19?/m0/s1. The number of ether oxygens (including phenoxy) is 3. The van der Waals surface area contributed by atoms with Crippen LogP contribution in [0.3, 0.4) is 0 Å². The quantitative estimate of drug-likeness (QED) is 0.255. The number of esters is 1. The number of nitrogens with zero attached hydrogens (tertiary/aromatic N) is 2. The number of carbonyl (C=O) groups excluding carboxylic acids is 2. The van der Waals surface area contributed by atoms with E-state index in [1.807, 2.05) is 0 Å². The molecule has 0 unspecified atom stereocenters. The van der Waals surface area contributed by atoms with E-state index < -0.39 is 29.6 Å². The number of amides is 1. The second-order valence-electron chi connectivity index (χ2n) is 9.57. The summed E-state index contributed by atoms with van der Waals surface area (Å²) in [6.07, 6.45) is -0.242. The number of methoxy groups -OCH3 is 2. The van der Waals surface area contributed by atoms with Crippen molar-refractivity contribution in [1.82, 2.24) is 4.98 Å². The first kappa shape index (κ1) is 29.7. The molecule has 0 bridgehead atoms. The van der Waals surface area contributed by atoms with E-state index in [0.29, 0.717) is 5.92 Å². The number of anilines is 1. The van der Waals surface area contributed by atoms with Gasteiger partial charge in [0.1, 0.15) is 11.3 Å². The highest BCUT2D eigenvalue weighted by atomic mass is 35.5. The average molecular weight is 557 g/mol. The summed E-state index contributed by atoms with van der Waals surface area (Å²) in [5.41, 5.74) is -0.693. The van der Waals surface area contributed by atoms with Crippen molar-refractivity contribution < 1.29 is 37.0 Å². The first-order chi connectivity index (χ1) is 18.0. The zero-order valence-electron chi connectivity index (χ0n) is 21.8. The third kappa shape index (κ3) is 6.96. The van der Waals surface area contributed by atoms with Gasteiger partial charge >= 0.3 is 12.1 Å². The van der Waals surface area contributed by atoms with Crippen LogP contribution in [0.25, 0.3) is 0 Å². The second kappa shape index (κ2) is 12.8. The zero-order chi connectivity index (χ0) is 28.0. The molecule has 11 heteroatoms. The van der Waals surface area contributed by atoms with Gasteiger partial charge in [-0.2, -0.15) is 13.2 Å². The lowest BCUT2D eigenvalue weighted by molar-refractivity contribution is -0.139. The topological polar surface area (TPSA) is 78.0 Å². The minimum Gasteiger partial charge on any atom is -0.465 e. The van der Waals surface area contributed by atoms with Crippen LogP contribution in [0, 0.1) is 11.8 Å². The number of benzene rings is 1. The third-order valence-electron chi connectivity index (χ3n) is 6.67. The molecule has 1 aliphatic rings. The summed E-state index contributed by atoms with van der Waals surface area (Å²) in [6, 6.07) is 4.55. The number of aromatic nitrogens is 1. The van der Waals surface area contributed by atoms with Gasteiger partial charge in [-0.15, -0.1) is 11.6 Å². The van der Waals surface area contributed by atoms with Gasteiger partial charge in [0, 0.05) is 25.1 Å². The van der Waals surface area contributed by atoms with Gasteiger partial charge in [-0.1, -0.05) is 6.92 Å². The summed E-state index contributed by atoms with van der Waals surface area (Å²) in [6.45, 7) is 4.16. The van der Waals surface area contributed by atoms with Gasteiger partial charge in [0.15, 0.2) is 0 Å². The molecule has 208 valence electrons. The largest absolute Gasteiger partial charge is 0.465 e. The van der Waals surface area contributed by atoms with Crippen molar-refractivity contribution in [3.05, 3.63) is 47.2 Å². The van der Waals surface area contributed by atoms with Crippen molar-refractivity contribution in [2.75, 3.05) is 25.7 Å². The van der Waals surface area contributed by atoms with Crippen molar-refractivity contribution in [2.45, 2.75) is 57.6 Å². The van der Waals surface area contributed by atoms with Gasteiger partial charge in [-0.25, -0.2) is 9.78 Å². The normalized spacial score (nSPS) is 18.5. The molecular formula is C27H32ClF3N2O5. The Balaban J connectivity index is 2.04. The monoisotopic (exact) mass is 556 g/mol. The van der Waals surface area contributed by atoms with E-state index in [-0.39, 0.29) is 46.9 Å². The van der Waals surface area contributed by atoms with Crippen molar-refractivity contribution in [3.63, 3.8) is 0 Å². The van der Waals surface area contributed by atoms with Crippen LogP contribution in [0.15, 0.2) is 30.5 Å². The highest BCUT2D eigenvalue weighted by molar-refractivity contribution is 6.17. The van der Waals surface area contributed by atoms with Gasteiger partial charge in [0.2, 0.25) is 11.8 Å². The molecular weight excluding hydrogens is 525 g/mol. The first-order valence-corrected chi connectivity index (χ1v) is 12.9. The maximum atomic E-state index is 13.7. The van der Waals surface area contributed by atoms with Crippen LogP contribution < -0.4 is 9.64 Å². The van der Waals surface area contributed by atoms with E-state index >= 15 is 0 Å². The van der Waals surface area contributed by atoms with Crippen molar-refractivity contribution in [1.29, 1.82) is 0 Å². The van der Waals surface area contributed by atoms with E-state index in [4.69, 9.17) is 25.8 Å². The predicted octanol–water partition coefficient (Wildman–Crippen LogP) is 6.61. The molecule has 1 aromatic heterocycles. The minimum absolute atomic E-state index is 0.0311. The van der Waals surface area contributed by atoms with Crippen molar-refractivity contribution in [3.8, 4) is 11.6 Å². The maximum Gasteiger partial charge on any atom is 0.421 e. The third-order valence-corrected chi connectivity index (χ3v) is 6.97. The van der Waals surface area contributed by atoms with Gasteiger partial charge < -0.3 is 19.1 Å². The fourth-order valence-electron chi connectivity index (χ4n) is 4.62. The minimum atomic E-state index is -4.74. The van der Waals surface area contributed by atoms with Gasteiger partial charge in [-0.05, 0) is 68.4 Å². The summed E-state index contributed by atoms with van der Waals surface area (Å²) in [5.74, 6) is -1.51. The second-order valence-corrected chi connectivity index (χ2v) is 9.84. The molecule has 1 aromatic carbocycles. The Morgan fingerprint density at radius 1 is 1.16 bits per heavy atom. The molecule has 38 heavy (non-hydrogen) atoms. The molecule has 1 amide bonds. The van der Waals surface area contributed by atoms with Crippen LogP contribution in [0.5, 0.6) is 11.6 Å². The Morgan fingerprint density at radius 2 is 1.84 bits per heavy atom. The van der Waals surface area contributed by atoms with Crippen LogP contribution in [-0.2, 0) is 26.3 Å². The van der Waals surface area contributed by atoms with Crippen LogP contribution in [0.1, 0.15) is 61.0 Å². The Kier molecular flexibility index (Phi) is 10.0. The van der Waals surface area contributed by atoms with E-state index in [0.717, 1.165) is 31.7 Å². The molecule has 0 saturated heterocycles. The van der Waals surface area contributed by atoms with E-state index in [2.05, 4.69) is 11.9 Å². The Labute approximate surface area is 225 Å². The molecule has 1 aliphatic carbocycles. The lowest BCUT2D eigenvalue weighted by Crippen LogP contribution is -2.46. The molecule has 0 radical (unpaired) electrons. The number of halogens is 4. The molecule has 0 spiro atoms. The van der Waals surface area contributed by atoms with Crippen molar-refractivity contribution in [2.24, 2.45) is 11.8 Å². The summed E-state index contributed by atoms with van der Waals surface area (Å²) >= 11 is 5.68. The number of hydrogen-bond acceptors (Lipinski definition) is 6. The Morgan fingerprint density at radius 3 is 2.42 bits per heavy atom. The van der Waals surface area contributed by atoms with E-state index in [1.165, 1.54) is 43.5 Å². The molecule has 1 saturated carbocycles. The van der Waals surface area contributed by atoms with Gasteiger partial charge in [-0.3, -0.25) is 4.79 Å². The van der Waals surface area contributed by atoms with Crippen molar-refractivity contribution >= 4 is 29.2 Å². The number of pyridine rings is 1. The van der Waals surface area contributed by atoms with Gasteiger partial charge in [0.25, 0.3) is 0 Å². The maximum absolute atomic E-state index is 13.7. The van der Waals surface area contributed by atoms with E-state index in [1.54, 1.807) is 6.92 Å². The van der Waals surface area contributed by atoms with E-state index in [9.17, 15) is 22.8 Å². The number of carbonyl (C=O) groups is 2. The van der Waals surface area contributed by atoms with Crippen LogP contribution in [0.4, 0.5) is 18.9 Å². The SMILES string of the molecule is COC[C@H](C)N(C(=O)C1CCC(C)CC1)c1ccc(Oc2ncc(CCl)cc2C(F)(F)F)cc1C(=O)OC. The summed E-state index contributed by atoms with van der Waals surface area (Å²) in [4.78, 5) is 31.8. The number of rotatable bonds is 9. The molecule has 2 aromatic rings. The van der Waals surface area contributed by atoms with Crippen LogP contribution >= 0.6 is 11.6 Å². The molecule has 0 aliphatic heterocycles. The summed E-state index contributed by atoms with van der Waals surface area (Å²) < 4.78 is 56.7. The lowest BCUT2D eigenvalue weighted by atomic mass is 9.82. The first-order valence-electron chi connectivity index (χ1n) is 12.3. The Bertz CT molecular complexity index is 1140. The smallest absolute Gasteiger partial charge is 0.421 e. The molecule has 7 nitrogen and oxygen atoms in total. The lowest BCUT2D eigenvalue weighted by Gasteiger charge is -2.35. The molecule has 0 N–H and O–H groups in total. The highest BCUT2D eigenvalue weighted by Crippen LogP contribution is 2.39. The predicted molar refractivity (Wildman–Crippen MR) is 137 cm³/mol. The molecule has 1 atom stereocenters. The van der Waals surface area contributed by atoms with Crippen LogP contribution in [-0.4, -0.2) is 43.7 Å². The number of alkyl halides is 4. The molecule has 1 fully saturated rings. The fourth-order valence-corrected chi connectivity index (χ4v) is 4.77. The number of hydrogen-bond donors (Lipinski definition) is 0. The van der Waals surface area contributed by atoms with Gasteiger partial charge in [0.05, 0.1) is 31.0 Å². The highest BCUT2D eigenvalue weighted by Gasteiger charge is 2.37. The molecule has 3 rings (SSSR count).